The quantitative estimate of drug-likeness (QED) is 0.620. The predicted octanol–water partition coefficient (Wildman–Crippen LogP) is 3.37. The first-order chi connectivity index (χ1) is 13.4. The fraction of sp³-hybridized carbons (Fsp3) is 0.478. The summed E-state index contributed by atoms with van der Waals surface area (Å²) in [6.07, 6.45) is -0.556. The van der Waals surface area contributed by atoms with Crippen molar-refractivity contribution in [1.29, 1.82) is 0 Å². The second-order valence-electron chi connectivity index (χ2n) is 7.51. The number of rotatable bonds is 11. The Morgan fingerprint density at radius 3 is 2.50 bits per heavy atom. The van der Waals surface area contributed by atoms with E-state index in [1.807, 2.05) is 25.2 Å². The number of nitrogens with one attached hydrogen (secondary N) is 1. The van der Waals surface area contributed by atoms with Crippen LogP contribution in [0.2, 0.25) is 0 Å². The van der Waals surface area contributed by atoms with Crippen LogP contribution in [0, 0.1) is 6.92 Å². The van der Waals surface area contributed by atoms with E-state index in [0.717, 1.165) is 18.7 Å². The van der Waals surface area contributed by atoms with E-state index in [2.05, 4.69) is 55.3 Å². The van der Waals surface area contributed by atoms with Crippen molar-refractivity contribution in [2.24, 2.45) is 0 Å². The first-order valence-corrected chi connectivity index (χ1v) is 9.84. The maximum Gasteiger partial charge on any atom is 0.161 e. The third kappa shape index (κ3) is 6.82. The minimum atomic E-state index is -0.556. The average Bonchev–Trinajstić information content (AvgIpc) is 2.68. The van der Waals surface area contributed by atoms with E-state index in [0.29, 0.717) is 24.1 Å². The van der Waals surface area contributed by atoms with Gasteiger partial charge in [-0.05, 0) is 56.6 Å². The molecule has 2 N–H and O–H groups in total. The van der Waals surface area contributed by atoms with Gasteiger partial charge in [-0.2, -0.15) is 0 Å². The van der Waals surface area contributed by atoms with Gasteiger partial charge < -0.3 is 24.8 Å². The van der Waals surface area contributed by atoms with Crippen LogP contribution in [0.15, 0.2) is 42.5 Å². The Kier molecular flexibility index (Phi) is 8.77. The van der Waals surface area contributed by atoms with Crippen molar-refractivity contribution in [3.8, 4) is 11.5 Å². The van der Waals surface area contributed by atoms with Gasteiger partial charge >= 0.3 is 0 Å². The number of hydrogen-bond donors (Lipinski definition) is 2. The number of benzene rings is 2. The Morgan fingerprint density at radius 2 is 1.82 bits per heavy atom. The molecule has 0 aliphatic heterocycles. The number of methoxy groups -OCH3 is 1. The van der Waals surface area contributed by atoms with Gasteiger partial charge in [-0.3, -0.25) is 0 Å². The lowest BCUT2D eigenvalue weighted by Gasteiger charge is -2.24. The summed E-state index contributed by atoms with van der Waals surface area (Å²) in [5.74, 6) is 1.33. The lowest BCUT2D eigenvalue weighted by molar-refractivity contribution is 0.0668. The molecular formula is C23H34N2O3. The molecule has 0 radical (unpaired) electrons. The van der Waals surface area contributed by atoms with Crippen molar-refractivity contribution in [3.63, 3.8) is 0 Å². The molecule has 0 saturated carbocycles. The molecule has 5 nitrogen and oxygen atoms in total. The molecule has 28 heavy (non-hydrogen) atoms. The summed E-state index contributed by atoms with van der Waals surface area (Å²) < 4.78 is 11.3. The van der Waals surface area contributed by atoms with Gasteiger partial charge in [-0.25, -0.2) is 0 Å². The van der Waals surface area contributed by atoms with Crippen LogP contribution in [-0.4, -0.2) is 49.5 Å². The number of aliphatic hydroxyl groups is 1. The maximum absolute atomic E-state index is 10.2. The zero-order valence-corrected chi connectivity index (χ0v) is 17.7. The van der Waals surface area contributed by atoms with Gasteiger partial charge in [0.1, 0.15) is 12.7 Å². The van der Waals surface area contributed by atoms with Gasteiger partial charge in [0.2, 0.25) is 0 Å². The molecule has 0 heterocycles. The van der Waals surface area contributed by atoms with E-state index in [1.165, 1.54) is 11.1 Å². The molecule has 0 saturated heterocycles. The summed E-state index contributed by atoms with van der Waals surface area (Å²) in [6.45, 7) is 8.67. The lowest BCUT2D eigenvalue weighted by atomic mass is 10.1. The molecule has 0 spiro atoms. The highest BCUT2D eigenvalue weighted by Gasteiger charge is 2.13. The zero-order valence-electron chi connectivity index (χ0n) is 17.7. The second-order valence-corrected chi connectivity index (χ2v) is 7.51. The fourth-order valence-corrected chi connectivity index (χ4v) is 2.88. The Labute approximate surface area is 169 Å². The molecule has 0 aliphatic rings. The Hall–Kier alpha value is -2.08. The summed E-state index contributed by atoms with van der Waals surface area (Å²) in [7, 11) is 3.62. The van der Waals surface area contributed by atoms with E-state index in [4.69, 9.17) is 9.47 Å². The van der Waals surface area contributed by atoms with Crippen molar-refractivity contribution >= 4 is 0 Å². The second kappa shape index (κ2) is 11.1. The molecule has 2 aromatic rings. The Bertz CT molecular complexity index is 734. The van der Waals surface area contributed by atoms with Crippen LogP contribution in [-0.2, 0) is 13.1 Å². The normalized spacial score (nSPS) is 12.4. The van der Waals surface area contributed by atoms with E-state index < -0.39 is 6.10 Å². The van der Waals surface area contributed by atoms with Crippen LogP contribution in [0.5, 0.6) is 11.5 Å². The third-order valence-corrected chi connectivity index (χ3v) is 4.95. The molecule has 0 amide bonds. The van der Waals surface area contributed by atoms with E-state index >= 15 is 0 Å². The minimum Gasteiger partial charge on any atom is -0.493 e. The molecule has 0 bridgehead atoms. The van der Waals surface area contributed by atoms with E-state index in [-0.39, 0.29) is 6.61 Å². The van der Waals surface area contributed by atoms with Crippen LogP contribution in [0.25, 0.3) is 0 Å². The van der Waals surface area contributed by atoms with Crippen LogP contribution >= 0.6 is 0 Å². The van der Waals surface area contributed by atoms with Crippen LogP contribution in [0.1, 0.15) is 30.5 Å². The maximum atomic E-state index is 10.2. The Morgan fingerprint density at radius 1 is 1.07 bits per heavy atom. The number of ether oxygens (including phenoxy) is 2. The van der Waals surface area contributed by atoms with E-state index in [9.17, 15) is 5.11 Å². The third-order valence-electron chi connectivity index (χ3n) is 4.95. The summed E-state index contributed by atoms with van der Waals surface area (Å²) in [4.78, 5) is 2.09. The lowest BCUT2D eigenvalue weighted by Crippen LogP contribution is -2.37. The summed E-state index contributed by atoms with van der Waals surface area (Å²) in [5.41, 5.74) is 3.69. The summed E-state index contributed by atoms with van der Waals surface area (Å²) >= 11 is 0. The zero-order chi connectivity index (χ0) is 20.5. The largest absolute Gasteiger partial charge is 0.493 e. The van der Waals surface area contributed by atoms with Gasteiger partial charge in [-0.1, -0.05) is 30.3 Å². The highest BCUT2D eigenvalue weighted by molar-refractivity contribution is 5.43. The number of aliphatic hydroxyl groups excluding tert-OH is 1. The molecule has 2 rings (SSSR count). The number of aryl methyl sites for hydroxylation is 1. The average molecular weight is 387 g/mol. The number of nitrogens with zero attached hydrogens (tertiary/aromatic N) is 1. The number of hydrogen-bond acceptors (Lipinski definition) is 5. The smallest absolute Gasteiger partial charge is 0.161 e. The molecule has 1 atom stereocenters. The molecule has 0 aliphatic carbocycles. The van der Waals surface area contributed by atoms with Crippen molar-refractivity contribution in [3.05, 3.63) is 59.2 Å². The van der Waals surface area contributed by atoms with Gasteiger partial charge in [0.25, 0.3) is 0 Å². The van der Waals surface area contributed by atoms with Crippen molar-refractivity contribution in [1.82, 2.24) is 10.2 Å². The molecule has 0 unspecified atom stereocenters. The fourth-order valence-electron chi connectivity index (χ4n) is 2.88. The van der Waals surface area contributed by atoms with E-state index in [1.54, 1.807) is 7.11 Å². The highest BCUT2D eigenvalue weighted by Crippen LogP contribution is 2.28. The van der Waals surface area contributed by atoms with Crippen LogP contribution in [0.4, 0.5) is 0 Å². The molecular weight excluding hydrogens is 352 g/mol. The molecule has 0 fully saturated rings. The topological polar surface area (TPSA) is 54.0 Å². The van der Waals surface area contributed by atoms with Crippen molar-refractivity contribution in [2.45, 2.75) is 46.0 Å². The first-order valence-electron chi connectivity index (χ1n) is 9.84. The predicted molar refractivity (Wildman–Crippen MR) is 114 cm³/mol. The van der Waals surface area contributed by atoms with Crippen molar-refractivity contribution < 1.29 is 14.6 Å². The highest BCUT2D eigenvalue weighted by atomic mass is 16.5. The molecule has 0 aromatic heterocycles. The molecule has 2 aromatic carbocycles. The van der Waals surface area contributed by atoms with Gasteiger partial charge in [0.05, 0.1) is 7.11 Å². The monoisotopic (exact) mass is 386 g/mol. The van der Waals surface area contributed by atoms with Crippen LogP contribution in [0.3, 0.4) is 0 Å². The SMILES string of the molecule is COc1ccc(CNCc2ccccc2C)cc1OC[C@@H](O)CN(C)C(C)C. The van der Waals surface area contributed by atoms with Gasteiger partial charge in [0.15, 0.2) is 11.5 Å². The summed E-state index contributed by atoms with van der Waals surface area (Å²) in [6, 6.07) is 14.7. The molecule has 5 heteroatoms. The summed E-state index contributed by atoms with van der Waals surface area (Å²) in [5, 5.41) is 13.7. The van der Waals surface area contributed by atoms with Gasteiger partial charge in [0, 0.05) is 25.7 Å². The molecule has 154 valence electrons. The first kappa shape index (κ1) is 22.2. The standard InChI is InChI=1S/C23H34N2O3/c1-17(2)25(4)15-21(26)16-28-23-12-19(10-11-22(23)27-5)13-24-14-20-9-7-6-8-18(20)3/h6-12,17,21,24,26H,13-16H2,1-5H3/t21-/m0/s1. The minimum absolute atomic E-state index is 0.230. The van der Waals surface area contributed by atoms with Crippen LogP contribution < -0.4 is 14.8 Å². The number of likely N-dealkylation sites (N-methyl/N-ethyl adjacent to an activating group) is 1. The Balaban J connectivity index is 1.92. The van der Waals surface area contributed by atoms with Gasteiger partial charge in [-0.15, -0.1) is 0 Å². The van der Waals surface area contributed by atoms with Crippen molar-refractivity contribution in [2.75, 3.05) is 27.3 Å².